The molecule has 4 rings (SSSR count). The minimum atomic E-state index is 0.125. The van der Waals surface area contributed by atoms with Gasteiger partial charge in [0, 0.05) is 25.2 Å². The molecular formula is C17H21NO2. The van der Waals surface area contributed by atoms with Gasteiger partial charge in [0.2, 0.25) is 5.78 Å². The Kier molecular flexibility index (Phi) is 2.84. The van der Waals surface area contributed by atoms with E-state index in [1.807, 2.05) is 6.07 Å². The maximum Gasteiger partial charge on any atom is 0.203 e. The number of nitrogens with zero attached hydrogens (tertiary/aromatic N) is 1. The molecule has 2 aliphatic heterocycles. The lowest BCUT2D eigenvalue weighted by Crippen LogP contribution is -2.36. The number of hydrogen-bond acceptors (Lipinski definition) is 3. The highest BCUT2D eigenvalue weighted by Gasteiger charge is 2.34. The molecule has 0 aromatic heterocycles. The SMILES string of the molecule is Cc1ccc2c(c1CN1CC3CCC(C3)C1)OCC2=O. The van der Waals surface area contributed by atoms with Crippen molar-refractivity contribution in [2.45, 2.75) is 32.7 Å². The van der Waals surface area contributed by atoms with Crippen LogP contribution in [0.4, 0.5) is 0 Å². The van der Waals surface area contributed by atoms with Crippen molar-refractivity contribution in [3.8, 4) is 5.75 Å². The molecule has 2 bridgehead atoms. The molecule has 2 unspecified atom stereocenters. The highest BCUT2D eigenvalue weighted by atomic mass is 16.5. The number of fused-ring (bicyclic) bond motifs is 3. The van der Waals surface area contributed by atoms with Crippen LogP contribution in [0.25, 0.3) is 0 Å². The largest absolute Gasteiger partial charge is 0.484 e. The Morgan fingerprint density at radius 2 is 2.00 bits per heavy atom. The van der Waals surface area contributed by atoms with Crippen LogP contribution in [-0.2, 0) is 6.54 Å². The molecule has 106 valence electrons. The average Bonchev–Trinajstić information content (AvgIpc) is 2.97. The van der Waals surface area contributed by atoms with E-state index in [1.54, 1.807) is 0 Å². The average molecular weight is 271 g/mol. The number of aryl methyl sites for hydroxylation is 1. The molecule has 2 fully saturated rings. The lowest BCUT2D eigenvalue weighted by Gasteiger charge is -2.32. The van der Waals surface area contributed by atoms with Gasteiger partial charge in [-0.3, -0.25) is 9.69 Å². The van der Waals surface area contributed by atoms with E-state index >= 15 is 0 Å². The van der Waals surface area contributed by atoms with Crippen molar-refractivity contribution >= 4 is 5.78 Å². The lowest BCUT2D eigenvalue weighted by atomic mass is 9.96. The Hall–Kier alpha value is -1.35. The quantitative estimate of drug-likeness (QED) is 0.828. The first-order valence-corrected chi connectivity index (χ1v) is 7.71. The summed E-state index contributed by atoms with van der Waals surface area (Å²) in [7, 11) is 0. The van der Waals surface area contributed by atoms with Gasteiger partial charge in [0.1, 0.15) is 5.75 Å². The van der Waals surface area contributed by atoms with Gasteiger partial charge in [0.15, 0.2) is 6.61 Å². The Bertz CT molecular complexity index is 554. The molecule has 0 N–H and O–H groups in total. The molecule has 1 saturated heterocycles. The smallest absolute Gasteiger partial charge is 0.203 e. The second kappa shape index (κ2) is 4.59. The molecule has 1 aliphatic carbocycles. The zero-order valence-corrected chi connectivity index (χ0v) is 12.0. The van der Waals surface area contributed by atoms with Gasteiger partial charge < -0.3 is 4.74 Å². The van der Waals surface area contributed by atoms with Gasteiger partial charge in [0.25, 0.3) is 0 Å². The first kappa shape index (κ1) is 12.4. The summed E-state index contributed by atoms with van der Waals surface area (Å²) in [5.74, 6) is 2.77. The zero-order valence-electron chi connectivity index (χ0n) is 12.0. The van der Waals surface area contributed by atoms with E-state index < -0.39 is 0 Å². The van der Waals surface area contributed by atoms with Crippen molar-refractivity contribution in [2.75, 3.05) is 19.7 Å². The molecule has 2 atom stereocenters. The fourth-order valence-corrected chi connectivity index (χ4v) is 4.19. The maximum atomic E-state index is 11.8. The fourth-order valence-electron chi connectivity index (χ4n) is 4.19. The van der Waals surface area contributed by atoms with Crippen LogP contribution >= 0.6 is 0 Å². The number of Topliss-reactive ketones (excluding diaryl/α,β-unsaturated/α-hetero) is 1. The molecule has 3 aliphatic rings. The maximum absolute atomic E-state index is 11.8. The van der Waals surface area contributed by atoms with Crippen molar-refractivity contribution < 1.29 is 9.53 Å². The van der Waals surface area contributed by atoms with E-state index in [0.29, 0.717) is 0 Å². The Morgan fingerprint density at radius 1 is 1.25 bits per heavy atom. The van der Waals surface area contributed by atoms with E-state index in [9.17, 15) is 4.79 Å². The highest BCUT2D eigenvalue weighted by molar-refractivity contribution is 6.02. The summed E-state index contributed by atoms with van der Waals surface area (Å²) in [6.07, 6.45) is 4.24. The zero-order chi connectivity index (χ0) is 13.7. The highest BCUT2D eigenvalue weighted by Crippen LogP contribution is 2.38. The number of piperidine rings is 1. The fraction of sp³-hybridized carbons (Fsp3) is 0.588. The second-order valence-electron chi connectivity index (χ2n) is 6.69. The van der Waals surface area contributed by atoms with Crippen LogP contribution in [0.5, 0.6) is 5.75 Å². The third kappa shape index (κ3) is 1.96. The number of carbonyl (C=O) groups excluding carboxylic acids is 1. The number of likely N-dealkylation sites (tertiary alicyclic amines) is 1. The van der Waals surface area contributed by atoms with E-state index in [2.05, 4.69) is 17.9 Å². The Morgan fingerprint density at radius 3 is 2.75 bits per heavy atom. The van der Waals surface area contributed by atoms with E-state index in [1.165, 1.54) is 43.5 Å². The van der Waals surface area contributed by atoms with Crippen LogP contribution in [0.2, 0.25) is 0 Å². The molecule has 1 saturated carbocycles. The predicted molar refractivity (Wildman–Crippen MR) is 77.1 cm³/mol. The summed E-state index contributed by atoms with van der Waals surface area (Å²) < 4.78 is 5.66. The Labute approximate surface area is 119 Å². The molecule has 1 aromatic carbocycles. The van der Waals surface area contributed by atoms with Crippen LogP contribution in [0.1, 0.15) is 40.7 Å². The standard InChI is InChI=1S/C17H21NO2/c1-11-2-5-14-16(19)10-20-17(14)15(11)9-18-7-12-3-4-13(6-12)8-18/h2,5,12-13H,3-4,6-10H2,1H3. The topological polar surface area (TPSA) is 29.5 Å². The summed E-state index contributed by atoms with van der Waals surface area (Å²) in [4.78, 5) is 14.4. The number of ether oxygens (including phenoxy) is 1. The molecule has 0 spiro atoms. The third-order valence-corrected chi connectivity index (χ3v) is 5.21. The van der Waals surface area contributed by atoms with E-state index in [-0.39, 0.29) is 12.4 Å². The van der Waals surface area contributed by atoms with E-state index in [0.717, 1.165) is 29.7 Å². The first-order chi connectivity index (χ1) is 9.70. The number of carbonyl (C=O) groups is 1. The van der Waals surface area contributed by atoms with Crippen molar-refractivity contribution in [1.82, 2.24) is 4.90 Å². The molecule has 0 radical (unpaired) electrons. The van der Waals surface area contributed by atoms with Crippen molar-refractivity contribution in [3.63, 3.8) is 0 Å². The van der Waals surface area contributed by atoms with Gasteiger partial charge in [-0.05, 0) is 49.7 Å². The molecule has 1 aromatic rings. The van der Waals surface area contributed by atoms with Gasteiger partial charge in [-0.2, -0.15) is 0 Å². The summed E-state index contributed by atoms with van der Waals surface area (Å²) in [6, 6.07) is 3.99. The second-order valence-corrected chi connectivity index (χ2v) is 6.69. The van der Waals surface area contributed by atoms with Gasteiger partial charge >= 0.3 is 0 Å². The summed E-state index contributed by atoms with van der Waals surface area (Å²) in [6.45, 7) is 5.72. The van der Waals surface area contributed by atoms with Gasteiger partial charge in [-0.1, -0.05) is 6.07 Å². The predicted octanol–water partition coefficient (Wildman–Crippen LogP) is 2.80. The summed E-state index contributed by atoms with van der Waals surface area (Å²) >= 11 is 0. The third-order valence-electron chi connectivity index (χ3n) is 5.21. The van der Waals surface area contributed by atoms with Gasteiger partial charge in [0.05, 0.1) is 5.56 Å². The van der Waals surface area contributed by atoms with E-state index in [4.69, 9.17) is 4.74 Å². The first-order valence-electron chi connectivity index (χ1n) is 7.71. The molecule has 20 heavy (non-hydrogen) atoms. The van der Waals surface area contributed by atoms with Crippen molar-refractivity contribution in [2.24, 2.45) is 11.8 Å². The number of rotatable bonds is 2. The van der Waals surface area contributed by atoms with Gasteiger partial charge in [-0.15, -0.1) is 0 Å². The van der Waals surface area contributed by atoms with Crippen molar-refractivity contribution in [1.29, 1.82) is 0 Å². The van der Waals surface area contributed by atoms with Crippen LogP contribution in [-0.4, -0.2) is 30.4 Å². The number of ketones is 1. The summed E-state index contributed by atoms with van der Waals surface area (Å²) in [5.41, 5.74) is 3.26. The van der Waals surface area contributed by atoms with Crippen LogP contribution in [0, 0.1) is 18.8 Å². The van der Waals surface area contributed by atoms with Crippen molar-refractivity contribution in [3.05, 3.63) is 28.8 Å². The van der Waals surface area contributed by atoms with Crippen LogP contribution < -0.4 is 4.74 Å². The molecule has 2 heterocycles. The summed E-state index contributed by atoms with van der Waals surface area (Å²) in [5, 5.41) is 0. The van der Waals surface area contributed by atoms with Crippen LogP contribution in [0.15, 0.2) is 12.1 Å². The Balaban J connectivity index is 1.61. The number of hydrogen-bond donors (Lipinski definition) is 0. The minimum absolute atomic E-state index is 0.125. The normalized spacial score (nSPS) is 28.6. The van der Waals surface area contributed by atoms with Gasteiger partial charge in [-0.25, -0.2) is 0 Å². The van der Waals surface area contributed by atoms with Crippen LogP contribution in [0.3, 0.4) is 0 Å². The molecule has 3 nitrogen and oxygen atoms in total. The molecular weight excluding hydrogens is 250 g/mol. The molecule has 3 heteroatoms. The number of benzene rings is 1. The lowest BCUT2D eigenvalue weighted by molar-refractivity contribution is 0.0960. The minimum Gasteiger partial charge on any atom is -0.484 e. The monoisotopic (exact) mass is 271 g/mol. The molecule has 0 amide bonds.